The Kier molecular flexibility index (Phi) is 5.14. The van der Waals surface area contributed by atoms with E-state index in [1.807, 2.05) is 24.3 Å². The Balaban J connectivity index is 1.39. The van der Waals surface area contributed by atoms with E-state index in [-0.39, 0.29) is 5.75 Å². The molecule has 160 valence electrons. The van der Waals surface area contributed by atoms with Crippen molar-refractivity contribution in [2.75, 3.05) is 23.8 Å². The lowest BCUT2D eigenvalue weighted by molar-refractivity contribution is 0.211. The summed E-state index contributed by atoms with van der Waals surface area (Å²) in [5, 5.41) is 12.4. The first-order chi connectivity index (χ1) is 15.1. The van der Waals surface area contributed by atoms with Gasteiger partial charge in [-0.2, -0.15) is 9.97 Å². The molecule has 2 heterocycles. The maximum Gasteiger partial charge on any atom is 0.318 e. The summed E-state index contributed by atoms with van der Waals surface area (Å²) in [6.45, 7) is 6.11. The molecule has 2 aromatic carbocycles. The first-order valence-corrected chi connectivity index (χ1v) is 11.0. The molecular formula is C25H28N4O2. The normalized spacial score (nSPS) is 18.8. The van der Waals surface area contributed by atoms with Crippen LogP contribution in [0.15, 0.2) is 48.6 Å². The van der Waals surface area contributed by atoms with Gasteiger partial charge < -0.3 is 20.5 Å². The molecule has 0 bridgehead atoms. The van der Waals surface area contributed by atoms with Crippen LogP contribution in [0.5, 0.6) is 11.8 Å². The lowest BCUT2D eigenvalue weighted by Gasteiger charge is -2.31. The van der Waals surface area contributed by atoms with E-state index in [2.05, 4.69) is 22.5 Å². The molecule has 3 N–H and O–H groups in total. The van der Waals surface area contributed by atoms with Gasteiger partial charge in [0.2, 0.25) is 0 Å². The molecule has 1 atom stereocenters. The molecule has 1 aromatic heterocycles. The minimum atomic E-state index is 0.264. The monoisotopic (exact) mass is 416 g/mol. The van der Waals surface area contributed by atoms with Crippen LogP contribution in [-0.4, -0.2) is 28.2 Å². The van der Waals surface area contributed by atoms with Gasteiger partial charge in [0.15, 0.2) is 0 Å². The van der Waals surface area contributed by atoms with Gasteiger partial charge in [0.25, 0.3) is 0 Å². The van der Waals surface area contributed by atoms with E-state index in [1.165, 1.54) is 12.0 Å². The summed E-state index contributed by atoms with van der Waals surface area (Å²) in [5.74, 6) is 1.24. The van der Waals surface area contributed by atoms with E-state index in [1.54, 1.807) is 6.07 Å². The molecule has 1 aliphatic carbocycles. The molecule has 0 radical (unpaired) electrons. The highest BCUT2D eigenvalue weighted by atomic mass is 16.5. The van der Waals surface area contributed by atoms with Gasteiger partial charge in [0, 0.05) is 29.2 Å². The van der Waals surface area contributed by atoms with Crippen molar-refractivity contribution in [1.82, 2.24) is 9.97 Å². The first-order valence-electron chi connectivity index (χ1n) is 11.0. The van der Waals surface area contributed by atoms with Crippen molar-refractivity contribution < 1.29 is 9.84 Å². The number of rotatable bonds is 4. The lowest BCUT2D eigenvalue weighted by Crippen LogP contribution is -2.32. The smallest absolute Gasteiger partial charge is 0.318 e. The van der Waals surface area contributed by atoms with Gasteiger partial charge in [-0.1, -0.05) is 36.4 Å². The third-order valence-corrected chi connectivity index (χ3v) is 6.41. The van der Waals surface area contributed by atoms with Gasteiger partial charge in [0.1, 0.15) is 11.6 Å². The number of nitrogens with two attached hydrogens (primary N) is 1. The molecule has 1 saturated carbocycles. The minimum absolute atomic E-state index is 0.264. The van der Waals surface area contributed by atoms with Crippen molar-refractivity contribution in [2.45, 2.75) is 38.6 Å². The predicted octanol–water partition coefficient (Wildman–Crippen LogP) is 4.61. The summed E-state index contributed by atoms with van der Waals surface area (Å²) < 4.78 is 5.97. The number of ether oxygens (including phenoxy) is 1. The fourth-order valence-corrected chi connectivity index (χ4v) is 4.83. The molecule has 0 spiro atoms. The van der Waals surface area contributed by atoms with E-state index in [4.69, 9.17) is 15.5 Å². The zero-order valence-electron chi connectivity index (χ0n) is 17.7. The second-order valence-corrected chi connectivity index (χ2v) is 8.70. The standard InChI is InChI=1S/C25H28N4O2/c1-16-5-4-6-17(11-16)15-31-25-27-22-14-29(10-9-21(22)24(26)28-25)23-13-19(30)12-18-7-2-3-8-20(18)23/h2-3,7-8,12-13,17,30H,1,4-6,9-11,14-15H2,(H2,26,27,28)/t17-/m1/s1. The molecule has 6 nitrogen and oxygen atoms in total. The number of allylic oxidation sites excluding steroid dienone is 1. The molecule has 3 aromatic rings. The van der Waals surface area contributed by atoms with Crippen LogP contribution in [0.2, 0.25) is 0 Å². The Morgan fingerprint density at radius 1 is 1.19 bits per heavy atom. The number of hydrogen-bond donors (Lipinski definition) is 2. The van der Waals surface area contributed by atoms with Crippen LogP contribution in [0.25, 0.3) is 10.8 Å². The molecule has 0 unspecified atom stereocenters. The Labute approximate surface area is 182 Å². The second-order valence-electron chi connectivity index (χ2n) is 8.70. The molecule has 1 aliphatic heterocycles. The number of benzene rings is 2. The van der Waals surface area contributed by atoms with Gasteiger partial charge >= 0.3 is 6.01 Å². The van der Waals surface area contributed by atoms with Crippen LogP contribution < -0.4 is 15.4 Å². The van der Waals surface area contributed by atoms with Crippen molar-refractivity contribution in [2.24, 2.45) is 5.92 Å². The number of phenolic OH excluding ortho intramolecular Hbond substituents is 1. The Bertz CT molecular complexity index is 1140. The Morgan fingerprint density at radius 3 is 2.94 bits per heavy atom. The van der Waals surface area contributed by atoms with Crippen LogP contribution in [-0.2, 0) is 13.0 Å². The quantitative estimate of drug-likeness (QED) is 0.605. The van der Waals surface area contributed by atoms with Crippen LogP contribution in [0.3, 0.4) is 0 Å². The number of fused-ring (bicyclic) bond motifs is 2. The van der Waals surface area contributed by atoms with E-state index in [0.717, 1.165) is 59.9 Å². The van der Waals surface area contributed by atoms with Crippen LogP contribution in [0.4, 0.5) is 11.5 Å². The van der Waals surface area contributed by atoms with Crippen molar-refractivity contribution in [3.05, 3.63) is 59.8 Å². The van der Waals surface area contributed by atoms with E-state index in [0.29, 0.717) is 30.9 Å². The highest BCUT2D eigenvalue weighted by Gasteiger charge is 2.24. The molecule has 1 fully saturated rings. The fourth-order valence-electron chi connectivity index (χ4n) is 4.83. The number of nitrogens with zero attached hydrogens (tertiary/aromatic N) is 3. The molecule has 2 aliphatic rings. The van der Waals surface area contributed by atoms with Crippen LogP contribution in [0, 0.1) is 5.92 Å². The van der Waals surface area contributed by atoms with E-state index in [9.17, 15) is 5.11 Å². The average Bonchev–Trinajstić information content (AvgIpc) is 2.77. The number of hydrogen-bond acceptors (Lipinski definition) is 6. The molecular weight excluding hydrogens is 388 g/mol. The van der Waals surface area contributed by atoms with Gasteiger partial charge in [-0.05, 0) is 49.5 Å². The summed E-state index contributed by atoms with van der Waals surface area (Å²) in [6.07, 6.45) is 5.22. The molecule has 6 heteroatoms. The zero-order valence-corrected chi connectivity index (χ0v) is 17.7. The first kappa shape index (κ1) is 19.7. The van der Waals surface area contributed by atoms with Gasteiger partial charge in [0.05, 0.1) is 18.8 Å². The second kappa shape index (κ2) is 8.10. The van der Waals surface area contributed by atoms with Crippen molar-refractivity contribution in [3.8, 4) is 11.8 Å². The van der Waals surface area contributed by atoms with Crippen LogP contribution >= 0.6 is 0 Å². The van der Waals surface area contributed by atoms with Gasteiger partial charge in [-0.15, -0.1) is 0 Å². The zero-order chi connectivity index (χ0) is 21.4. The fraction of sp³-hybridized carbons (Fsp3) is 0.360. The topological polar surface area (TPSA) is 84.5 Å². The summed E-state index contributed by atoms with van der Waals surface area (Å²) in [5.41, 5.74) is 10.5. The summed E-state index contributed by atoms with van der Waals surface area (Å²) in [4.78, 5) is 11.4. The summed E-state index contributed by atoms with van der Waals surface area (Å²) in [6, 6.07) is 12.1. The van der Waals surface area contributed by atoms with Crippen LogP contribution in [0.1, 0.15) is 36.9 Å². The number of anilines is 2. The number of phenols is 1. The molecule has 5 rings (SSSR count). The van der Waals surface area contributed by atoms with E-state index < -0.39 is 0 Å². The summed E-state index contributed by atoms with van der Waals surface area (Å²) >= 11 is 0. The van der Waals surface area contributed by atoms with Crippen molar-refractivity contribution in [3.63, 3.8) is 0 Å². The van der Waals surface area contributed by atoms with Crippen molar-refractivity contribution in [1.29, 1.82) is 0 Å². The Morgan fingerprint density at radius 2 is 2.06 bits per heavy atom. The number of nitrogen functional groups attached to an aromatic ring is 1. The molecule has 0 saturated heterocycles. The minimum Gasteiger partial charge on any atom is -0.508 e. The lowest BCUT2D eigenvalue weighted by atomic mass is 9.87. The number of aromatic hydroxyl groups is 1. The molecule has 31 heavy (non-hydrogen) atoms. The maximum atomic E-state index is 10.2. The third kappa shape index (κ3) is 4.02. The maximum absolute atomic E-state index is 10.2. The third-order valence-electron chi connectivity index (χ3n) is 6.41. The molecule has 0 amide bonds. The van der Waals surface area contributed by atoms with Gasteiger partial charge in [-0.25, -0.2) is 0 Å². The average molecular weight is 417 g/mol. The SMILES string of the molecule is C=C1CCC[C@@H](COc2nc(N)c3c(n2)CN(c2cc(O)cc4ccccc24)CC3)C1. The highest BCUT2D eigenvalue weighted by Crippen LogP contribution is 2.35. The van der Waals surface area contributed by atoms with E-state index >= 15 is 0 Å². The predicted molar refractivity (Wildman–Crippen MR) is 123 cm³/mol. The number of aromatic nitrogens is 2. The Hall–Kier alpha value is -3.28. The van der Waals surface area contributed by atoms with Gasteiger partial charge in [-0.3, -0.25) is 0 Å². The highest BCUT2D eigenvalue weighted by molar-refractivity contribution is 5.95. The largest absolute Gasteiger partial charge is 0.508 e. The summed E-state index contributed by atoms with van der Waals surface area (Å²) in [7, 11) is 0. The van der Waals surface area contributed by atoms with Crippen molar-refractivity contribution >= 4 is 22.3 Å².